The summed E-state index contributed by atoms with van der Waals surface area (Å²) >= 11 is 0. The molecule has 0 saturated carbocycles. The molecule has 0 unspecified atom stereocenters. The summed E-state index contributed by atoms with van der Waals surface area (Å²) in [4.78, 5) is 22.5. The van der Waals surface area contributed by atoms with Crippen LogP contribution >= 0.6 is 0 Å². The van der Waals surface area contributed by atoms with Gasteiger partial charge in [-0.3, -0.25) is 14.9 Å². The largest absolute Gasteiger partial charge is 0.294 e. The van der Waals surface area contributed by atoms with Crippen LogP contribution in [0.2, 0.25) is 0 Å². The molecule has 0 radical (unpaired) electrons. The van der Waals surface area contributed by atoms with Crippen LogP contribution in [-0.2, 0) is 5.41 Å². The van der Waals surface area contributed by atoms with Crippen LogP contribution in [-0.4, -0.2) is 10.7 Å². The van der Waals surface area contributed by atoms with E-state index < -0.39 is 4.92 Å². The van der Waals surface area contributed by atoms with Crippen molar-refractivity contribution in [1.29, 1.82) is 0 Å². The molecule has 4 heteroatoms. The molecule has 0 spiro atoms. The lowest BCUT2D eigenvalue weighted by atomic mass is 9.84. The summed E-state index contributed by atoms with van der Waals surface area (Å²) in [5, 5.41) is 11.1. The zero-order valence-corrected chi connectivity index (χ0v) is 11.5. The second kappa shape index (κ2) is 4.88. The highest BCUT2D eigenvalue weighted by Gasteiger charge is 2.25. The number of carbonyl (C=O) groups excluding carboxylic acids is 1. The first-order valence-electron chi connectivity index (χ1n) is 6.01. The molecule has 4 nitrogen and oxygen atoms in total. The van der Waals surface area contributed by atoms with E-state index in [-0.39, 0.29) is 28.9 Å². The molecule has 0 saturated heterocycles. The van der Waals surface area contributed by atoms with Gasteiger partial charge in [-0.1, -0.05) is 33.8 Å². The molecule has 0 atom stereocenters. The molecule has 0 heterocycles. The molecule has 0 aromatic heterocycles. The second-order valence-electron chi connectivity index (χ2n) is 5.47. The molecule has 0 aliphatic carbocycles. The molecule has 0 amide bonds. The summed E-state index contributed by atoms with van der Waals surface area (Å²) in [5.41, 5.74) is 1.55. The number of nitro benzene ring substituents is 1. The van der Waals surface area contributed by atoms with Crippen LogP contribution in [0.4, 0.5) is 5.69 Å². The fourth-order valence-electron chi connectivity index (χ4n) is 1.89. The number of aryl methyl sites for hydroxylation is 1. The Hall–Kier alpha value is -1.71. The summed E-state index contributed by atoms with van der Waals surface area (Å²) < 4.78 is 0. The van der Waals surface area contributed by atoms with E-state index in [1.165, 1.54) is 6.07 Å². The Labute approximate surface area is 107 Å². The number of hydrogen-bond acceptors (Lipinski definition) is 3. The number of nitrogens with zero attached hydrogens (tertiary/aromatic N) is 1. The van der Waals surface area contributed by atoms with Crippen LogP contribution in [0.25, 0.3) is 0 Å². The number of Topliss-reactive ketones (excluding diaryl/α,β-unsaturated/α-hetero) is 1. The van der Waals surface area contributed by atoms with E-state index in [1.54, 1.807) is 13.8 Å². The van der Waals surface area contributed by atoms with Gasteiger partial charge >= 0.3 is 0 Å². The van der Waals surface area contributed by atoms with Crippen LogP contribution < -0.4 is 0 Å². The average Bonchev–Trinajstić information content (AvgIpc) is 2.25. The predicted octanol–water partition coefficient (Wildman–Crippen LogP) is 3.79. The van der Waals surface area contributed by atoms with E-state index in [1.807, 2.05) is 26.8 Å². The molecule has 0 aliphatic rings. The Morgan fingerprint density at radius 3 is 2.28 bits per heavy atom. The molecule has 1 rings (SSSR count). The van der Waals surface area contributed by atoms with Crippen molar-refractivity contribution in [2.45, 2.75) is 46.5 Å². The van der Waals surface area contributed by atoms with E-state index in [9.17, 15) is 14.9 Å². The lowest BCUT2D eigenvalue weighted by Crippen LogP contribution is -2.14. The van der Waals surface area contributed by atoms with E-state index >= 15 is 0 Å². The fraction of sp³-hybridized carbons (Fsp3) is 0.500. The monoisotopic (exact) mass is 249 g/mol. The van der Waals surface area contributed by atoms with Crippen molar-refractivity contribution in [2.75, 3.05) is 0 Å². The third kappa shape index (κ3) is 2.75. The third-order valence-corrected chi connectivity index (χ3v) is 2.98. The molecule has 0 bridgehead atoms. The minimum absolute atomic E-state index is 0.0771. The summed E-state index contributed by atoms with van der Waals surface area (Å²) in [6.45, 7) is 9.45. The predicted molar refractivity (Wildman–Crippen MR) is 71.2 cm³/mol. The number of ketones is 1. The van der Waals surface area contributed by atoms with Crippen LogP contribution in [0, 0.1) is 17.0 Å². The summed E-state index contributed by atoms with van der Waals surface area (Å²) in [5.74, 6) is -0.181. The van der Waals surface area contributed by atoms with E-state index in [2.05, 4.69) is 0 Å². The molecule has 0 aliphatic heterocycles. The highest BCUT2D eigenvalue weighted by Crippen LogP contribution is 2.31. The first-order valence-corrected chi connectivity index (χ1v) is 6.01. The zero-order chi connectivity index (χ0) is 14.1. The SMILES string of the molecule is CCC(=O)c1c(C)cc(C(C)(C)C)cc1[N+](=O)[O-]. The molecular formula is C14H19NO3. The van der Waals surface area contributed by atoms with Crippen molar-refractivity contribution < 1.29 is 9.72 Å². The van der Waals surface area contributed by atoms with Crippen LogP contribution in [0.1, 0.15) is 55.6 Å². The first-order chi connectivity index (χ1) is 8.18. The summed E-state index contributed by atoms with van der Waals surface area (Å²) in [6, 6.07) is 3.39. The Balaban J connectivity index is 3.56. The Bertz CT molecular complexity index is 498. The number of benzene rings is 1. The van der Waals surface area contributed by atoms with Gasteiger partial charge in [-0.2, -0.15) is 0 Å². The normalized spacial score (nSPS) is 11.4. The van der Waals surface area contributed by atoms with Gasteiger partial charge < -0.3 is 0 Å². The fourth-order valence-corrected chi connectivity index (χ4v) is 1.89. The Kier molecular flexibility index (Phi) is 3.89. The quantitative estimate of drug-likeness (QED) is 0.465. The maximum Gasteiger partial charge on any atom is 0.280 e. The summed E-state index contributed by atoms with van der Waals surface area (Å²) in [7, 11) is 0. The third-order valence-electron chi connectivity index (χ3n) is 2.98. The van der Waals surface area contributed by atoms with Crippen LogP contribution in [0.5, 0.6) is 0 Å². The highest BCUT2D eigenvalue weighted by molar-refractivity contribution is 6.01. The molecular weight excluding hydrogens is 230 g/mol. The summed E-state index contributed by atoms with van der Waals surface area (Å²) in [6.07, 6.45) is 0.274. The molecule has 0 N–H and O–H groups in total. The molecule has 0 fully saturated rings. The minimum atomic E-state index is -0.467. The topological polar surface area (TPSA) is 60.2 Å². The van der Waals surface area contributed by atoms with Gasteiger partial charge in [0.2, 0.25) is 0 Å². The van der Waals surface area contributed by atoms with Gasteiger partial charge in [0.05, 0.1) is 10.5 Å². The van der Waals surface area contributed by atoms with Crippen molar-refractivity contribution >= 4 is 11.5 Å². The van der Waals surface area contributed by atoms with Crippen molar-refractivity contribution in [3.63, 3.8) is 0 Å². The van der Waals surface area contributed by atoms with Gasteiger partial charge in [0.25, 0.3) is 5.69 Å². The minimum Gasteiger partial charge on any atom is -0.294 e. The Morgan fingerprint density at radius 1 is 1.33 bits per heavy atom. The molecule has 1 aromatic rings. The van der Waals surface area contributed by atoms with E-state index in [0.29, 0.717) is 5.56 Å². The Morgan fingerprint density at radius 2 is 1.89 bits per heavy atom. The van der Waals surface area contributed by atoms with Gasteiger partial charge in [-0.05, 0) is 23.5 Å². The maximum absolute atomic E-state index is 11.8. The lowest BCUT2D eigenvalue weighted by molar-refractivity contribution is -0.385. The van der Waals surface area contributed by atoms with Gasteiger partial charge in [-0.15, -0.1) is 0 Å². The van der Waals surface area contributed by atoms with Crippen molar-refractivity contribution in [3.05, 3.63) is 38.9 Å². The van der Waals surface area contributed by atoms with Gasteiger partial charge in [-0.25, -0.2) is 0 Å². The number of hydrogen-bond donors (Lipinski definition) is 0. The standard InChI is InChI=1S/C14H19NO3/c1-6-12(16)13-9(2)7-10(14(3,4)5)8-11(13)15(17)18/h7-8H,6H2,1-5H3. The number of carbonyl (C=O) groups is 1. The van der Waals surface area contributed by atoms with Crippen LogP contribution in [0.15, 0.2) is 12.1 Å². The van der Waals surface area contributed by atoms with Crippen molar-refractivity contribution in [1.82, 2.24) is 0 Å². The molecule has 98 valence electrons. The molecule has 18 heavy (non-hydrogen) atoms. The highest BCUT2D eigenvalue weighted by atomic mass is 16.6. The average molecular weight is 249 g/mol. The number of nitro groups is 1. The zero-order valence-electron chi connectivity index (χ0n) is 11.5. The maximum atomic E-state index is 11.8. The van der Waals surface area contributed by atoms with Crippen molar-refractivity contribution in [2.24, 2.45) is 0 Å². The lowest BCUT2D eigenvalue weighted by Gasteiger charge is -2.20. The van der Waals surface area contributed by atoms with E-state index in [4.69, 9.17) is 0 Å². The van der Waals surface area contributed by atoms with Gasteiger partial charge in [0.1, 0.15) is 0 Å². The first kappa shape index (κ1) is 14.4. The molecule has 1 aromatic carbocycles. The van der Waals surface area contributed by atoms with Gasteiger partial charge in [0, 0.05) is 12.5 Å². The van der Waals surface area contributed by atoms with Crippen molar-refractivity contribution in [3.8, 4) is 0 Å². The van der Waals surface area contributed by atoms with Crippen LogP contribution in [0.3, 0.4) is 0 Å². The van der Waals surface area contributed by atoms with Gasteiger partial charge in [0.15, 0.2) is 5.78 Å². The smallest absolute Gasteiger partial charge is 0.280 e. The van der Waals surface area contributed by atoms with E-state index in [0.717, 1.165) is 5.56 Å². The number of rotatable bonds is 3. The second-order valence-corrected chi connectivity index (χ2v) is 5.47.